The number of esters is 1. The standard InChI is InChI=1S/C12H19N3O5/c1-20-10(16)9-3-2-4-15(9)11(17)13-5-7-14(8-6-13)12(18)19/h9H,2-8H2,1H3,(H,18,19). The number of rotatable bonds is 1. The Bertz CT molecular complexity index is 406. The summed E-state index contributed by atoms with van der Waals surface area (Å²) in [5, 5.41) is 8.87. The van der Waals surface area contributed by atoms with Crippen LogP contribution in [0.2, 0.25) is 0 Å². The SMILES string of the molecule is COC(=O)C1CCCN1C(=O)N1CCN(C(=O)O)CC1. The topological polar surface area (TPSA) is 90.4 Å². The molecule has 2 rings (SSSR count). The third-order valence-corrected chi connectivity index (χ3v) is 3.79. The first-order chi connectivity index (χ1) is 9.54. The molecule has 2 aliphatic rings. The molecule has 2 fully saturated rings. The van der Waals surface area contributed by atoms with Crippen LogP contribution in [0.5, 0.6) is 0 Å². The number of nitrogens with zero attached hydrogens (tertiary/aromatic N) is 3. The third kappa shape index (κ3) is 2.78. The van der Waals surface area contributed by atoms with Crippen LogP contribution in [0.1, 0.15) is 12.8 Å². The monoisotopic (exact) mass is 285 g/mol. The lowest BCUT2D eigenvalue weighted by atomic mass is 10.2. The molecule has 0 aliphatic carbocycles. The normalized spacial score (nSPS) is 22.9. The van der Waals surface area contributed by atoms with Gasteiger partial charge in [-0.05, 0) is 12.8 Å². The van der Waals surface area contributed by atoms with Crippen LogP contribution in [0, 0.1) is 0 Å². The van der Waals surface area contributed by atoms with Crippen molar-refractivity contribution in [3.8, 4) is 0 Å². The predicted octanol–water partition coefficient (Wildman–Crippen LogP) is 0.0394. The van der Waals surface area contributed by atoms with E-state index in [1.54, 1.807) is 4.90 Å². The number of carbonyl (C=O) groups is 3. The van der Waals surface area contributed by atoms with Crippen LogP contribution in [0.3, 0.4) is 0 Å². The number of amides is 3. The molecule has 0 spiro atoms. The van der Waals surface area contributed by atoms with E-state index in [1.807, 2.05) is 0 Å². The summed E-state index contributed by atoms with van der Waals surface area (Å²) in [5.74, 6) is -0.389. The summed E-state index contributed by atoms with van der Waals surface area (Å²) >= 11 is 0. The highest BCUT2D eigenvalue weighted by Crippen LogP contribution is 2.20. The van der Waals surface area contributed by atoms with E-state index in [2.05, 4.69) is 0 Å². The molecule has 8 heteroatoms. The zero-order valence-corrected chi connectivity index (χ0v) is 11.4. The first-order valence-electron chi connectivity index (χ1n) is 6.66. The van der Waals surface area contributed by atoms with Crippen molar-refractivity contribution < 1.29 is 24.2 Å². The van der Waals surface area contributed by atoms with Crippen LogP contribution in [0.4, 0.5) is 9.59 Å². The fraction of sp³-hybridized carbons (Fsp3) is 0.750. The lowest BCUT2D eigenvalue weighted by molar-refractivity contribution is -0.145. The molecule has 112 valence electrons. The van der Waals surface area contributed by atoms with Crippen molar-refractivity contribution >= 4 is 18.1 Å². The molecule has 0 bridgehead atoms. The Balaban J connectivity index is 1.94. The van der Waals surface area contributed by atoms with E-state index in [4.69, 9.17) is 9.84 Å². The fourth-order valence-electron chi connectivity index (χ4n) is 2.65. The maximum Gasteiger partial charge on any atom is 0.407 e. The zero-order chi connectivity index (χ0) is 14.7. The Morgan fingerprint density at radius 1 is 1.05 bits per heavy atom. The number of carboxylic acid groups (broad SMARTS) is 1. The molecular weight excluding hydrogens is 266 g/mol. The quantitative estimate of drug-likeness (QED) is 0.687. The Morgan fingerprint density at radius 2 is 1.65 bits per heavy atom. The lowest BCUT2D eigenvalue weighted by Gasteiger charge is -2.36. The van der Waals surface area contributed by atoms with E-state index in [9.17, 15) is 14.4 Å². The molecule has 2 heterocycles. The van der Waals surface area contributed by atoms with Gasteiger partial charge in [0.15, 0.2) is 0 Å². The van der Waals surface area contributed by atoms with Gasteiger partial charge in [0, 0.05) is 32.7 Å². The van der Waals surface area contributed by atoms with Crippen LogP contribution >= 0.6 is 0 Å². The minimum Gasteiger partial charge on any atom is -0.467 e. The average molecular weight is 285 g/mol. The molecule has 3 amide bonds. The summed E-state index contributed by atoms with van der Waals surface area (Å²) in [7, 11) is 1.31. The number of carbonyl (C=O) groups excluding carboxylic acids is 2. The van der Waals surface area contributed by atoms with Crippen LogP contribution in [-0.2, 0) is 9.53 Å². The molecule has 2 saturated heterocycles. The number of ether oxygens (including phenoxy) is 1. The van der Waals surface area contributed by atoms with Crippen molar-refractivity contribution in [1.82, 2.24) is 14.7 Å². The van der Waals surface area contributed by atoms with Crippen molar-refractivity contribution in [2.75, 3.05) is 39.8 Å². The number of hydrogen-bond acceptors (Lipinski definition) is 4. The Kier molecular flexibility index (Phi) is 4.31. The van der Waals surface area contributed by atoms with Gasteiger partial charge in [0.2, 0.25) is 0 Å². The predicted molar refractivity (Wildman–Crippen MR) is 68.3 cm³/mol. The van der Waals surface area contributed by atoms with Crippen LogP contribution < -0.4 is 0 Å². The van der Waals surface area contributed by atoms with Gasteiger partial charge in [0.05, 0.1) is 7.11 Å². The molecule has 1 unspecified atom stereocenters. The van der Waals surface area contributed by atoms with E-state index >= 15 is 0 Å². The Morgan fingerprint density at radius 3 is 2.20 bits per heavy atom. The summed E-state index contributed by atoms with van der Waals surface area (Å²) in [6, 6.07) is -0.715. The highest BCUT2D eigenvalue weighted by Gasteiger charge is 2.37. The second-order valence-corrected chi connectivity index (χ2v) is 4.91. The number of piperazine rings is 1. The van der Waals surface area contributed by atoms with E-state index in [1.165, 1.54) is 16.9 Å². The van der Waals surface area contributed by atoms with Crippen LogP contribution in [0.25, 0.3) is 0 Å². The smallest absolute Gasteiger partial charge is 0.407 e. The maximum atomic E-state index is 12.4. The zero-order valence-electron chi connectivity index (χ0n) is 11.4. The molecule has 0 radical (unpaired) electrons. The molecule has 0 saturated carbocycles. The van der Waals surface area contributed by atoms with Gasteiger partial charge < -0.3 is 24.5 Å². The largest absolute Gasteiger partial charge is 0.467 e. The van der Waals surface area contributed by atoms with Gasteiger partial charge in [-0.3, -0.25) is 0 Å². The second kappa shape index (κ2) is 5.98. The first kappa shape index (κ1) is 14.4. The molecular formula is C12H19N3O5. The van der Waals surface area contributed by atoms with E-state index in [-0.39, 0.29) is 12.0 Å². The van der Waals surface area contributed by atoms with Gasteiger partial charge in [-0.2, -0.15) is 0 Å². The summed E-state index contributed by atoms with van der Waals surface area (Å²) in [5.41, 5.74) is 0. The van der Waals surface area contributed by atoms with Gasteiger partial charge in [0.1, 0.15) is 6.04 Å². The molecule has 2 aliphatic heterocycles. The number of methoxy groups -OCH3 is 1. The van der Waals surface area contributed by atoms with Crippen molar-refractivity contribution in [3.05, 3.63) is 0 Å². The fourth-order valence-corrected chi connectivity index (χ4v) is 2.65. The summed E-state index contributed by atoms with van der Waals surface area (Å²) in [6.45, 7) is 1.86. The van der Waals surface area contributed by atoms with Crippen molar-refractivity contribution in [2.24, 2.45) is 0 Å². The highest BCUT2D eigenvalue weighted by molar-refractivity contribution is 5.84. The van der Waals surface area contributed by atoms with Gasteiger partial charge in [-0.25, -0.2) is 14.4 Å². The van der Waals surface area contributed by atoms with Gasteiger partial charge in [0.25, 0.3) is 0 Å². The van der Waals surface area contributed by atoms with Crippen LogP contribution in [-0.4, -0.2) is 83.8 Å². The lowest BCUT2D eigenvalue weighted by Crippen LogP contribution is -2.55. The minimum atomic E-state index is -0.967. The van der Waals surface area contributed by atoms with Crippen molar-refractivity contribution in [2.45, 2.75) is 18.9 Å². The number of hydrogen-bond donors (Lipinski definition) is 1. The molecule has 0 aromatic heterocycles. The Labute approximate surface area is 116 Å². The molecule has 1 atom stereocenters. The maximum absolute atomic E-state index is 12.4. The summed E-state index contributed by atoms with van der Waals surface area (Å²) < 4.78 is 4.71. The highest BCUT2D eigenvalue weighted by atomic mass is 16.5. The third-order valence-electron chi connectivity index (χ3n) is 3.79. The second-order valence-electron chi connectivity index (χ2n) is 4.91. The van der Waals surface area contributed by atoms with E-state index in [0.717, 1.165) is 6.42 Å². The summed E-state index contributed by atoms with van der Waals surface area (Å²) in [4.78, 5) is 39.2. The number of urea groups is 1. The van der Waals surface area contributed by atoms with Gasteiger partial charge >= 0.3 is 18.1 Å². The van der Waals surface area contributed by atoms with Crippen molar-refractivity contribution in [3.63, 3.8) is 0 Å². The summed E-state index contributed by atoms with van der Waals surface area (Å²) in [6.07, 6.45) is 0.430. The van der Waals surface area contributed by atoms with Crippen LogP contribution in [0.15, 0.2) is 0 Å². The molecule has 1 N–H and O–H groups in total. The average Bonchev–Trinajstić information content (AvgIpc) is 2.95. The molecule has 0 aromatic rings. The minimum absolute atomic E-state index is 0.206. The van der Waals surface area contributed by atoms with E-state index in [0.29, 0.717) is 39.1 Å². The Hall–Kier alpha value is -1.99. The number of likely N-dealkylation sites (tertiary alicyclic amines) is 1. The molecule has 20 heavy (non-hydrogen) atoms. The molecule has 0 aromatic carbocycles. The van der Waals surface area contributed by atoms with E-state index < -0.39 is 12.1 Å². The first-order valence-corrected chi connectivity index (χ1v) is 6.66. The molecule has 8 nitrogen and oxygen atoms in total. The van der Waals surface area contributed by atoms with Crippen molar-refractivity contribution in [1.29, 1.82) is 0 Å². The van der Waals surface area contributed by atoms with Gasteiger partial charge in [-0.15, -0.1) is 0 Å². The van der Waals surface area contributed by atoms with Gasteiger partial charge in [-0.1, -0.05) is 0 Å².